The number of halogens is 2. The number of rotatable bonds is 9. The molecule has 0 spiro atoms. The summed E-state index contributed by atoms with van der Waals surface area (Å²) in [6.45, 7) is 0.569. The minimum absolute atomic E-state index is 0.135. The number of hydrogen-bond acceptors (Lipinski definition) is 4. The molecule has 0 heterocycles. The average molecular weight is 276 g/mol. The van der Waals surface area contributed by atoms with E-state index in [9.17, 15) is 9.36 Å². The van der Waals surface area contributed by atoms with Gasteiger partial charge < -0.3 is 9.47 Å². The molecule has 0 aliphatic rings. The van der Waals surface area contributed by atoms with Gasteiger partial charge in [-0.3, -0.25) is 4.79 Å². The third kappa shape index (κ3) is 10.4. The summed E-state index contributed by atoms with van der Waals surface area (Å²) in [6.07, 6.45) is 0.555. The fourth-order valence-corrected chi connectivity index (χ4v) is 1.81. The highest BCUT2D eigenvalue weighted by molar-refractivity contribution is 7.44. The molecule has 0 rings (SSSR count). The van der Waals surface area contributed by atoms with E-state index in [1.807, 2.05) is 0 Å². The standard InChI is InChI=1S/C8H14Cl2O4P/c9-2-4-13-7-15(12)6-1-8(11)14-5-3-10/h1-7H2/q+1. The van der Waals surface area contributed by atoms with Crippen LogP contribution in [0, 0.1) is 0 Å². The van der Waals surface area contributed by atoms with Gasteiger partial charge in [0.25, 0.3) is 0 Å². The SMILES string of the molecule is O=C(CC[P+](=O)COCCCl)OCCCl. The highest BCUT2D eigenvalue weighted by Crippen LogP contribution is 2.21. The highest BCUT2D eigenvalue weighted by Gasteiger charge is 2.17. The minimum Gasteiger partial charge on any atom is -0.464 e. The van der Waals surface area contributed by atoms with E-state index in [0.717, 1.165) is 0 Å². The molecule has 0 saturated carbocycles. The Morgan fingerprint density at radius 3 is 2.47 bits per heavy atom. The summed E-state index contributed by atoms with van der Waals surface area (Å²) in [5.74, 6) is 0.272. The summed E-state index contributed by atoms with van der Waals surface area (Å²) in [5, 5.41) is 0. The molecule has 1 atom stereocenters. The zero-order valence-corrected chi connectivity index (χ0v) is 10.7. The molecule has 0 aromatic carbocycles. The molecule has 0 aromatic heterocycles. The van der Waals surface area contributed by atoms with E-state index in [4.69, 9.17) is 32.7 Å². The molecule has 0 bridgehead atoms. The molecule has 0 radical (unpaired) electrons. The van der Waals surface area contributed by atoms with Crippen molar-refractivity contribution in [3.8, 4) is 0 Å². The molecule has 0 N–H and O–H groups in total. The van der Waals surface area contributed by atoms with Crippen molar-refractivity contribution in [2.75, 3.05) is 37.5 Å². The third-order valence-corrected chi connectivity index (χ3v) is 2.86. The van der Waals surface area contributed by atoms with Crippen molar-refractivity contribution in [3.63, 3.8) is 0 Å². The number of esters is 1. The molecule has 15 heavy (non-hydrogen) atoms. The number of ether oxygens (including phenoxy) is 2. The minimum atomic E-state index is -1.50. The molecule has 1 unspecified atom stereocenters. The van der Waals surface area contributed by atoms with Gasteiger partial charge in [-0.05, 0) is 0 Å². The average Bonchev–Trinajstić information content (AvgIpc) is 2.24. The van der Waals surface area contributed by atoms with Gasteiger partial charge in [0.1, 0.15) is 6.61 Å². The maximum Gasteiger partial charge on any atom is 0.367 e. The topological polar surface area (TPSA) is 52.6 Å². The van der Waals surface area contributed by atoms with Crippen LogP contribution in [0.3, 0.4) is 0 Å². The van der Waals surface area contributed by atoms with Crippen LogP contribution >= 0.6 is 31.0 Å². The summed E-state index contributed by atoms with van der Waals surface area (Å²) < 4.78 is 20.9. The van der Waals surface area contributed by atoms with Crippen LogP contribution in [0.1, 0.15) is 6.42 Å². The van der Waals surface area contributed by atoms with E-state index >= 15 is 0 Å². The lowest BCUT2D eigenvalue weighted by Gasteiger charge is -1.98. The maximum absolute atomic E-state index is 11.2. The number of alkyl halides is 2. The van der Waals surface area contributed by atoms with E-state index in [2.05, 4.69) is 0 Å². The molecule has 7 heteroatoms. The van der Waals surface area contributed by atoms with Gasteiger partial charge >= 0.3 is 13.8 Å². The monoisotopic (exact) mass is 275 g/mol. The van der Waals surface area contributed by atoms with E-state index in [-0.39, 0.29) is 37.4 Å². The smallest absolute Gasteiger partial charge is 0.367 e. The van der Waals surface area contributed by atoms with Gasteiger partial charge in [0.05, 0.1) is 18.9 Å². The molecule has 88 valence electrons. The molecule has 0 saturated heterocycles. The van der Waals surface area contributed by atoms with Crippen LogP contribution in [0.25, 0.3) is 0 Å². The van der Waals surface area contributed by atoms with Gasteiger partial charge in [-0.1, -0.05) is 4.57 Å². The molecule has 0 aliphatic carbocycles. The number of carbonyl (C=O) groups is 1. The third-order valence-electron chi connectivity index (χ3n) is 1.36. The molecular weight excluding hydrogens is 262 g/mol. The fraction of sp³-hybridized carbons (Fsp3) is 0.875. The Balaban J connectivity index is 3.40. The van der Waals surface area contributed by atoms with Crippen molar-refractivity contribution < 1.29 is 18.8 Å². The van der Waals surface area contributed by atoms with Crippen LogP contribution in [0.4, 0.5) is 0 Å². The predicted octanol–water partition coefficient (Wildman–Crippen LogP) is 2.20. The van der Waals surface area contributed by atoms with Gasteiger partial charge in [-0.2, -0.15) is 0 Å². The number of carbonyl (C=O) groups excluding carboxylic acids is 1. The Morgan fingerprint density at radius 2 is 1.87 bits per heavy atom. The summed E-state index contributed by atoms with van der Waals surface area (Å²) in [5.41, 5.74) is 0. The van der Waals surface area contributed by atoms with Gasteiger partial charge in [-0.25, -0.2) is 0 Å². The quantitative estimate of drug-likeness (QED) is 0.280. The Hall–Kier alpha value is 0.110. The van der Waals surface area contributed by atoms with Crippen molar-refractivity contribution in [1.82, 2.24) is 0 Å². The summed E-state index contributed by atoms with van der Waals surface area (Å²) in [4.78, 5) is 11.0. The normalized spacial score (nSPS) is 11.2. The van der Waals surface area contributed by atoms with E-state index in [1.165, 1.54) is 0 Å². The second kappa shape index (κ2) is 10.6. The van der Waals surface area contributed by atoms with E-state index < -0.39 is 7.80 Å². The Morgan fingerprint density at radius 1 is 1.20 bits per heavy atom. The lowest BCUT2D eigenvalue weighted by molar-refractivity contribution is -0.142. The first kappa shape index (κ1) is 15.1. The first-order chi connectivity index (χ1) is 7.20. The first-order valence-electron chi connectivity index (χ1n) is 4.48. The maximum atomic E-state index is 11.2. The zero-order valence-electron chi connectivity index (χ0n) is 8.29. The van der Waals surface area contributed by atoms with E-state index in [0.29, 0.717) is 12.5 Å². The first-order valence-corrected chi connectivity index (χ1v) is 7.18. The van der Waals surface area contributed by atoms with Crippen LogP contribution in [0.2, 0.25) is 0 Å². The molecular formula is C8H14Cl2O4P+. The molecule has 0 aromatic rings. The van der Waals surface area contributed by atoms with Gasteiger partial charge in [0, 0.05) is 5.88 Å². The van der Waals surface area contributed by atoms with Crippen LogP contribution < -0.4 is 0 Å². The summed E-state index contributed by atoms with van der Waals surface area (Å²) in [6, 6.07) is 0. The molecule has 0 aliphatic heterocycles. The second-order valence-corrected chi connectivity index (χ2v) is 5.02. The Kier molecular flexibility index (Phi) is 10.7. The van der Waals surface area contributed by atoms with Crippen molar-refractivity contribution in [1.29, 1.82) is 0 Å². The molecule has 4 nitrogen and oxygen atoms in total. The summed E-state index contributed by atoms with van der Waals surface area (Å²) >= 11 is 10.7. The lowest BCUT2D eigenvalue weighted by Crippen LogP contribution is -2.08. The Labute approximate surface area is 100.0 Å². The van der Waals surface area contributed by atoms with Gasteiger partial charge in [0.15, 0.2) is 6.16 Å². The Bertz CT molecular complexity index is 201. The zero-order chi connectivity index (χ0) is 11.5. The number of hydrogen-bond donors (Lipinski definition) is 0. The van der Waals surface area contributed by atoms with Gasteiger partial charge in [-0.15, -0.1) is 23.2 Å². The van der Waals surface area contributed by atoms with Crippen LogP contribution in [-0.2, 0) is 18.8 Å². The fourth-order valence-electron chi connectivity index (χ4n) is 0.726. The largest absolute Gasteiger partial charge is 0.464 e. The summed E-state index contributed by atoms with van der Waals surface area (Å²) in [7, 11) is -1.50. The van der Waals surface area contributed by atoms with Crippen LogP contribution in [0.5, 0.6) is 0 Å². The van der Waals surface area contributed by atoms with Crippen LogP contribution in [0.15, 0.2) is 0 Å². The van der Waals surface area contributed by atoms with Crippen molar-refractivity contribution in [3.05, 3.63) is 0 Å². The second-order valence-electron chi connectivity index (χ2n) is 2.59. The van der Waals surface area contributed by atoms with Crippen molar-refractivity contribution >= 4 is 37.0 Å². The molecule has 0 amide bonds. The highest BCUT2D eigenvalue weighted by atomic mass is 35.5. The van der Waals surface area contributed by atoms with E-state index in [1.54, 1.807) is 0 Å². The van der Waals surface area contributed by atoms with Gasteiger partial charge in [0.2, 0.25) is 6.35 Å². The van der Waals surface area contributed by atoms with Crippen molar-refractivity contribution in [2.24, 2.45) is 0 Å². The van der Waals surface area contributed by atoms with Crippen LogP contribution in [-0.4, -0.2) is 43.5 Å². The predicted molar refractivity (Wildman–Crippen MR) is 60.3 cm³/mol. The molecule has 0 fully saturated rings. The van der Waals surface area contributed by atoms with Crippen molar-refractivity contribution in [2.45, 2.75) is 6.42 Å². The lowest BCUT2D eigenvalue weighted by atomic mass is 10.5.